The third-order valence-corrected chi connectivity index (χ3v) is 6.77. The summed E-state index contributed by atoms with van der Waals surface area (Å²) in [5, 5.41) is 0. The molecule has 1 aliphatic rings. The molecule has 1 fully saturated rings. The Balaban J connectivity index is 1.17. The van der Waals surface area contributed by atoms with E-state index in [2.05, 4.69) is 16.0 Å². The first-order valence-electron chi connectivity index (χ1n) is 10.6. The normalized spacial score (nSPS) is 14.7. The van der Waals surface area contributed by atoms with Gasteiger partial charge in [0.25, 0.3) is 5.91 Å². The van der Waals surface area contributed by atoms with Crippen molar-refractivity contribution in [1.29, 1.82) is 0 Å². The number of ether oxygens (including phenoxy) is 1. The molecule has 32 heavy (non-hydrogen) atoms. The van der Waals surface area contributed by atoms with E-state index >= 15 is 0 Å². The van der Waals surface area contributed by atoms with Gasteiger partial charge in [0.1, 0.15) is 18.0 Å². The molecule has 1 aromatic carbocycles. The number of hydrogen-bond acceptors (Lipinski definition) is 5. The van der Waals surface area contributed by atoms with E-state index < -0.39 is 0 Å². The van der Waals surface area contributed by atoms with Crippen molar-refractivity contribution in [2.75, 3.05) is 26.2 Å². The molecule has 1 saturated heterocycles. The van der Waals surface area contributed by atoms with E-state index in [-0.39, 0.29) is 5.91 Å². The van der Waals surface area contributed by atoms with Crippen molar-refractivity contribution in [1.82, 2.24) is 19.2 Å². The van der Waals surface area contributed by atoms with Crippen LogP contribution in [0.2, 0.25) is 4.34 Å². The number of thiophene rings is 1. The number of hydrogen-bond donors (Lipinski definition) is 0. The van der Waals surface area contributed by atoms with E-state index in [0.717, 1.165) is 35.3 Å². The molecule has 0 radical (unpaired) electrons. The van der Waals surface area contributed by atoms with Crippen LogP contribution >= 0.6 is 22.9 Å². The van der Waals surface area contributed by atoms with Crippen molar-refractivity contribution < 1.29 is 9.53 Å². The van der Waals surface area contributed by atoms with Crippen LogP contribution in [0, 0.1) is 0 Å². The summed E-state index contributed by atoms with van der Waals surface area (Å²) in [5.74, 6) is 0.711. The molecule has 5 rings (SSSR count). The predicted octanol–water partition coefficient (Wildman–Crippen LogP) is 4.59. The van der Waals surface area contributed by atoms with Gasteiger partial charge >= 0.3 is 0 Å². The van der Waals surface area contributed by atoms with Crippen LogP contribution in [0.25, 0.3) is 5.65 Å². The number of amides is 1. The molecule has 1 amide bonds. The summed E-state index contributed by atoms with van der Waals surface area (Å²) in [5.41, 5.74) is 2.38. The zero-order valence-corrected chi connectivity index (χ0v) is 19.1. The van der Waals surface area contributed by atoms with Gasteiger partial charge in [-0.25, -0.2) is 4.98 Å². The minimum atomic E-state index is 0.0435. The fourth-order valence-corrected chi connectivity index (χ4v) is 5.01. The van der Waals surface area contributed by atoms with Crippen LogP contribution in [0.15, 0.2) is 67.0 Å². The van der Waals surface area contributed by atoms with Gasteiger partial charge in [0.15, 0.2) is 0 Å². The van der Waals surface area contributed by atoms with E-state index in [4.69, 9.17) is 16.3 Å². The number of aromatic nitrogens is 2. The van der Waals surface area contributed by atoms with Gasteiger partial charge in [0.2, 0.25) is 0 Å². The number of carbonyl (C=O) groups is 1. The monoisotopic (exact) mass is 466 g/mol. The second-order valence-electron chi connectivity index (χ2n) is 7.79. The van der Waals surface area contributed by atoms with Gasteiger partial charge < -0.3 is 14.0 Å². The maximum absolute atomic E-state index is 13.0. The molecule has 4 aromatic rings. The molecule has 0 spiro atoms. The Labute approximate surface area is 195 Å². The van der Waals surface area contributed by atoms with E-state index in [1.54, 1.807) is 11.3 Å². The predicted molar refractivity (Wildman–Crippen MR) is 126 cm³/mol. The lowest BCUT2D eigenvalue weighted by molar-refractivity contribution is 0.0629. The number of nitrogens with zero attached hydrogens (tertiary/aromatic N) is 4. The molecule has 0 saturated carbocycles. The van der Waals surface area contributed by atoms with Crippen molar-refractivity contribution in [2.24, 2.45) is 0 Å². The van der Waals surface area contributed by atoms with Crippen molar-refractivity contribution in [3.05, 3.63) is 87.5 Å². The van der Waals surface area contributed by atoms with Crippen LogP contribution in [0.5, 0.6) is 5.75 Å². The fraction of sp³-hybridized carbons (Fsp3) is 0.250. The molecular formula is C24H23ClN4O2S. The quantitative estimate of drug-likeness (QED) is 0.417. The molecule has 0 unspecified atom stereocenters. The third kappa shape index (κ3) is 4.80. The van der Waals surface area contributed by atoms with E-state index in [9.17, 15) is 4.79 Å². The number of piperazine rings is 1. The fourth-order valence-electron chi connectivity index (χ4n) is 3.88. The Kier molecular flexibility index (Phi) is 6.12. The van der Waals surface area contributed by atoms with Gasteiger partial charge in [-0.2, -0.15) is 0 Å². The highest BCUT2D eigenvalue weighted by Gasteiger charge is 2.22. The Morgan fingerprint density at radius 3 is 2.72 bits per heavy atom. The molecule has 0 N–H and O–H groups in total. The number of halogens is 1. The average molecular weight is 467 g/mol. The SMILES string of the molecule is O=C(c1cccc(OCc2cn3ccccc3n2)c1)N1CCN(Cc2ccc(Cl)s2)CC1. The number of benzene rings is 1. The zero-order chi connectivity index (χ0) is 21.9. The van der Waals surface area contributed by atoms with Gasteiger partial charge in [-0.15, -0.1) is 11.3 Å². The maximum Gasteiger partial charge on any atom is 0.254 e. The van der Waals surface area contributed by atoms with Gasteiger partial charge in [-0.1, -0.05) is 23.7 Å². The minimum Gasteiger partial charge on any atom is -0.487 e. The highest BCUT2D eigenvalue weighted by atomic mass is 35.5. The smallest absolute Gasteiger partial charge is 0.254 e. The van der Waals surface area contributed by atoms with Crippen LogP contribution in [0.1, 0.15) is 20.9 Å². The Morgan fingerprint density at radius 2 is 1.94 bits per heavy atom. The molecule has 164 valence electrons. The summed E-state index contributed by atoms with van der Waals surface area (Å²) >= 11 is 7.65. The summed E-state index contributed by atoms with van der Waals surface area (Å²) in [6, 6.07) is 17.3. The van der Waals surface area contributed by atoms with Crippen molar-refractivity contribution in [3.63, 3.8) is 0 Å². The molecule has 0 aliphatic carbocycles. The summed E-state index contributed by atoms with van der Waals surface area (Å²) in [6.07, 6.45) is 3.91. The summed E-state index contributed by atoms with van der Waals surface area (Å²) in [7, 11) is 0. The number of pyridine rings is 1. The lowest BCUT2D eigenvalue weighted by Gasteiger charge is -2.34. The first-order valence-corrected chi connectivity index (χ1v) is 11.7. The highest BCUT2D eigenvalue weighted by molar-refractivity contribution is 7.16. The molecule has 8 heteroatoms. The molecule has 0 atom stereocenters. The Morgan fingerprint density at radius 1 is 1.06 bits per heavy atom. The van der Waals surface area contributed by atoms with Gasteiger partial charge in [0.05, 0.1) is 10.0 Å². The van der Waals surface area contributed by atoms with Crippen molar-refractivity contribution in [2.45, 2.75) is 13.2 Å². The summed E-state index contributed by atoms with van der Waals surface area (Å²) in [4.78, 5) is 23.1. The third-order valence-electron chi connectivity index (χ3n) is 5.55. The number of fused-ring (bicyclic) bond motifs is 1. The highest BCUT2D eigenvalue weighted by Crippen LogP contribution is 2.23. The second-order valence-corrected chi connectivity index (χ2v) is 9.59. The summed E-state index contributed by atoms with van der Waals surface area (Å²) in [6.45, 7) is 4.36. The largest absolute Gasteiger partial charge is 0.487 e. The van der Waals surface area contributed by atoms with Gasteiger partial charge in [-0.05, 0) is 42.5 Å². The van der Waals surface area contributed by atoms with Crippen LogP contribution in [0.3, 0.4) is 0 Å². The molecule has 0 bridgehead atoms. The van der Waals surface area contributed by atoms with Crippen LogP contribution in [-0.2, 0) is 13.2 Å². The molecule has 1 aliphatic heterocycles. The van der Waals surface area contributed by atoms with Gasteiger partial charge in [-0.3, -0.25) is 9.69 Å². The first-order chi connectivity index (χ1) is 15.6. The standard InChI is InChI=1S/C24H23ClN4O2S/c25-22-8-7-21(32-22)16-27-10-12-28(13-11-27)24(30)18-4-3-5-20(14-18)31-17-19-15-29-9-2-1-6-23(29)26-19/h1-9,14-15H,10-13,16-17H2. The van der Waals surface area contributed by atoms with Crippen LogP contribution in [-0.4, -0.2) is 51.3 Å². The number of imidazole rings is 1. The Bertz CT molecular complexity index is 1200. The van der Waals surface area contributed by atoms with E-state index in [0.29, 0.717) is 31.0 Å². The van der Waals surface area contributed by atoms with Crippen LogP contribution < -0.4 is 4.74 Å². The molecule has 6 nitrogen and oxygen atoms in total. The molecular weight excluding hydrogens is 444 g/mol. The number of carbonyl (C=O) groups excluding carboxylic acids is 1. The minimum absolute atomic E-state index is 0.0435. The topological polar surface area (TPSA) is 50.1 Å². The molecule has 4 heterocycles. The zero-order valence-electron chi connectivity index (χ0n) is 17.5. The van der Waals surface area contributed by atoms with Crippen LogP contribution in [0.4, 0.5) is 0 Å². The van der Waals surface area contributed by atoms with E-state index in [1.807, 2.05) is 70.2 Å². The maximum atomic E-state index is 13.0. The van der Waals surface area contributed by atoms with Crippen molar-refractivity contribution in [3.8, 4) is 5.75 Å². The molecule has 3 aromatic heterocycles. The Hall–Kier alpha value is -2.87. The first kappa shape index (κ1) is 21.0. The van der Waals surface area contributed by atoms with E-state index in [1.165, 1.54) is 4.88 Å². The number of rotatable bonds is 6. The summed E-state index contributed by atoms with van der Waals surface area (Å²) < 4.78 is 8.70. The lowest BCUT2D eigenvalue weighted by atomic mass is 10.1. The van der Waals surface area contributed by atoms with Crippen molar-refractivity contribution >= 4 is 34.5 Å². The lowest BCUT2D eigenvalue weighted by Crippen LogP contribution is -2.48. The van der Waals surface area contributed by atoms with Gasteiger partial charge in [0, 0.05) is 55.6 Å². The average Bonchev–Trinajstić information content (AvgIpc) is 3.43. The second kappa shape index (κ2) is 9.32.